The molecule has 2 N–H and O–H groups in total. The fourth-order valence-corrected chi connectivity index (χ4v) is 2.98. The summed E-state index contributed by atoms with van der Waals surface area (Å²) in [6, 6.07) is 0. The van der Waals surface area contributed by atoms with Gasteiger partial charge in [0, 0.05) is 19.2 Å². The lowest BCUT2D eigenvalue weighted by Gasteiger charge is -2.11. The first-order valence-corrected chi connectivity index (χ1v) is 7.64. The highest BCUT2D eigenvalue weighted by Crippen LogP contribution is 2.27. The van der Waals surface area contributed by atoms with Crippen LogP contribution in [0.4, 0.5) is 0 Å². The molecule has 1 saturated carbocycles. The summed E-state index contributed by atoms with van der Waals surface area (Å²) < 4.78 is 24.5. The van der Waals surface area contributed by atoms with Gasteiger partial charge in [0.25, 0.3) is 10.0 Å². The number of aromatic nitrogens is 2. The van der Waals surface area contributed by atoms with Gasteiger partial charge in [0.2, 0.25) is 0 Å². The van der Waals surface area contributed by atoms with Crippen LogP contribution < -0.4 is 5.14 Å². The zero-order valence-corrected chi connectivity index (χ0v) is 10.9. The molecule has 1 aromatic rings. The van der Waals surface area contributed by atoms with Gasteiger partial charge < -0.3 is 4.57 Å². The molecule has 0 unspecified atom stereocenters. The van der Waals surface area contributed by atoms with Crippen LogP contribution in [0.3, 0.4) is 0 Å². The van der Waals surface area contributed by atoms with Crippen LogP contribution in [0.5, 0.6) is 0 Å². The fraction of sp³-hybridized carbons (Fsp3) is 0.727. The third-order valence-electron chi connectivity index (χ3n) is 3.37. The number of hydrogen-bond acceptors (Lipinski definition) is 3. The monoisotopic (exact) mass is 257 g/mol. The van der Waals surface area contributed by atoms with Crippen LogP contribution in [-0.2, 0) is 23.0 Å². The SMILES string of the molecule is CCc1nc(S(N)(=O)=O)cn1CC1CCCC1. The van der Waals surface area contributed by atoms with Crippen molar-refractivity contribution in [3.05, 3.63) is 12.0 Å². The van der Waals surface area contributed by atoms with Crippen LogP contribution in [0.1, 0.15) is 38.4 Å². The lowest BCUT2D eigenvalue weighted by Crippen LogP contribution is -2.12. The summed E-state index contributed by atoms with van der Waals surface area (Å²) in [5, 5.41) is 5.09. The number of hydrogen-bond donors (Lipinski definition) is 1. The molecular formula is C11H19N3O2S. The summed E-state index contributed by atoms with van der Waals surface area (Å²) in [5.41, 5.74) is 0. The number of aryl methyl sites for hydroxylation is 1. The van der Waals surface area contributed by atoms with Crippen molar-refractivity contribution in [2.24, 2.45) is 11.1 Å². The minimum atomic E-state index is -3.68. The minimum absolute atomic E-state index is 0.00709. The van der Waals surface area contributed by atoms with Crippen molar-refractivity contribution in [3.63, 3.8) is 0 Å². The summed E-state index contributed by atoms with van der Waals surface area (Å²) in [4.78, 5) is 4.09. The minimum Gasteiger partial charge on any atom is -0.333 e. The maximum Gasteiger partial charge on any atom is 0.257 e. The first-order chi connectivity index (χ1) is 8.00. The molecular weight excluding hydrogens is 238 g/mol. The molecule has 0 spiro atoms. The Balaban J connectivity index is 2.23. The van der Waals surface area contributed by atoms with Crippen LogP contribution in [0.15, 0.2) is 11.2 Å². The lowest BCUT2D eigenvalue weighted by atomic mass is 10.1. The Labute approximate surface area is 102 Å². The Morgan fingerprint density at radius 2 is 2.12 bits per heavy atom. The molecule has 0 aliphatic heterocycles. The van der Waals surface area contributed by atoms with Crippen LogP contribution in [0.25, 0.3) is 0 Å². The van der Waals surface area contributed by atoms with Gasteiger partial charge in [0.15, 0.2) is 5.03 Å². The first kappa shape index (κ1) is 12.6. The standard InChI is InChI=1S/C11H19N3O2S/c1-2-10-13-11(17(12,15)16)8-14(10)7-9-5-3-4-6-9/h8-9H,2-7H2,1H3,(H2,12,15,16). The van der Waals surface area contributed by atoms with Crippen molar-refractivity contribution in [2.75, 3.05) is 0 Å². The van der Waals surface area contributed by atoms with Crippen molar-refractivity contribution in [1.82, 2.24) is 9.55 Å². The van der Waals surface area contributed by atoms with Crippen LogP contribution in [0, 0.1) is 5.92 Å². The van der Waals surface area contributed by atoms with Gasteiger partial charge in [-0.05, 0) is 18.8 Å². The number of primary sulfonamides is 1. The maximum atomic E-state index is 11.3. The molecule has 1 heterocycles. The summed E-state index contributed by atoms with van der Waals surface area (Å²) in [7, 11) is -3.68. The van der Waals surface area contributed by atoms with E-state index in [-0.39, 0.29) is 5.03 Å². The Hall–Kier alpha value is -0.880. The van der Waals surface area contributed by atoms with Gasteiger partial charge >= 0.3 is 0 Å². The first-order valence-electron chi connectivity index (χ1n) is 6.09. The van der Waals surface area contributed by atoms with Gasteiger partial charge in [-0.25, -0.2) is 18.5 Å². The Morgan fingerprint density at radius 1 is 1.47 bits per heavy atom. The van der Waals surface area contributed by atoms with Gasteiger partial charge in [-0.3, -0.25) is 0 Å². The molecule has 0 saturated heterocycles. The summed E-state index contributed by atoms with van der Waals surface area (Å²) in [6.07, 6.45) is 7.32. The number of sulfonamides is 1. The molecule has 0 amide bonds. The van der Waals surface area contributed by atoms with E-state index in [1.54, 1.807) is 6.20 Å². The van der Waals surface area contributed by atoms with E-state index in [0.29, 0.717) is 5.92 Å². The van der Waals surface area contributed by atoms with E-state index < -0.39 is 10.0 Å². The van der Waals surface area contributed by atoms with E-state index in [2.05, 4.69) is 4.98 Å². The van der Waals surface area contributed by atoms with Crippen molar-refractivity contribution >= 4 is 10.0 Å². The molecule has 1 fully saturated rings. The van der Waals surface area contributed by atoms with Crippen LogP contribution in [0.2, 0.25) is 0 Å². The summed E-state index contributed by atoms with van der Waals surface area (Å²) in [5.74, 6) is 1.46. The third kappa shape index (κ3) is 2.87. The highest BCUT2D eigenvalue weighted by atomic mass is 32.2. The normalized spacial score (nSPS) is 17.8. The molecule has 5 nitrogen and oxygen atoms in total. The number of imidazole rings is 1. The summed E-state index contributed by atoms with van der Waals surface area (Å²) >= 11 is 0. The Morgan fingerprint density at radius 3 is 2.65 bits per heavy atom. The van der Waals surface area contributed by atoms with Crippen LogP contribution in [-0.4, -0.2) is 18.0 Å². The zero-order chi connectivity index (χ0) is 12.5. The quantitative estimate of drug-likeness (QED) is 0.882. The Kier molecular flexibility index (Phi) is 3.53. The average Bonchev–Trinajstić information content (AvgIpc) is 2.86. The molecule has 0 radical (unpaired) electrons. The number of rotatable bonds is 4. The van der Waals surface area contributed by atoms with Crippen molar-refractivity contribution in [2.45, 2.75) is 50.6 Å². The van der Waals surface area contributed by atoms with Gasteiger partial charge in [0.05, 0.1) is 0 Å². The maximum absolute atomic E-state index is 11.3. The zero-order valence-electron chi connectivity index (χ0n) is 10.1. The molecule has 1 aliphatic carbocycles. The molecule has 2 rings (SSSR count). The highest BCUT2D eigenvalue weighted by Gasteiger charge is 2.20. The second-order valence-electron chi connectivity index (χ2n) is 4.70. The van der Waals surface area contributed by atoms with Crippen molar-refractivity contribution in [1.29, 1.82) is 0 Å². The second kappa shape index (κ2) is 4.78. The smallest absolute Gasteiger partial charge is 0.257 e. The summed E-state index contributed by atoms with van der Waals surface area (Å²) in [6.45, 7) is 2.84. The number of nitrogens with two attached hydrogens (primary N) is 1. The van der Waals surface area contributed by atoms with Gasteiger partial charge in [-0.1, -0.05) is 19.8 Å². The molecule has 96 valence electrons. The predicted molar refractivity (Wildman–Crippen MR) is 64.9 cm³/mol. The molecule has 17 heavy (non-hydrogen) atoms. The van der Waals surface area contributed by atoms with Gasteiger partial charge in [0.1, 0.15) is 5.82 Å². The predicted octanol–water partition coefficient (Wildman–Crippen LogP) is 1.28. The van der Waals surface area contributed by atoms with Crippen LogP contribution >= 0.6 is 0 Å². The molecule has 6 heteroatoms. The fourth-order valence-electron chi connectivity index (χ4n) is 2.48. The average molecular weight is 257 g/mol. The largest absolute Gasteiger partial charge is 0.333 e. The molecule has 0 bridgehead atoms. The molecule has 0 atom stereocenters. The molecule has 0 aromatic carbocycles. The second-order valence-corrected chi connectivity index (χ2v) is 6.21. The van der Waals surface area contributed by atoms with Crippen molar-refractivity contribution < 1.29 is 8.42 Å². The van der Waals surface area contributed by atoms with E-state index in [9.17, 15) is 8.42 Å². The Bertz CT molecular complexity index is 487. The van der Waals surface area contributed by atoms with E-state index in [1.807, 2.05) is 11.5 Å². The highest BCUT2D eigenvalue weighted by molar-refractivity contribution is 7.89. The van der Waals surface area contributed by atoms with E-state index in [4.69, 9.17) is 5.14 Å². The molecule has 1 aliphatic rings. The van der Waals surface area contributed by atoms with E-state index in [0.717, 1.165) is 18.8 Å². The topological polar surface area (TPSA) is 78.0 Å². The third-order valence-corrected chi connectivity index (χ3v) is 4.15. The molecule has 1 aromatic heterocycles. The van der Waals surface area contributed by atoms with E-state index in [1.165, 1.54) is 25.7 Å². The van der Waals surface area contributed by atoms with Gasteiger partial charge in [-0.2, -0.15) is 0 Å². The van der Waals surface area contributed by atoms with Gasteiger partial charge in [-0.15, -0.1) is 0 Å². The van der Waals surface area contributed by atoms with Crippen molar-refractivity contribution in [3.8, 4) is 0 Å². The van der Waals surface area contributed by atoms with E-state index >= 15 is 0 Å². The lowest BCUT2D eigenvalue weighted by molar-refractivity contribution is 0.447. The number of nitrogens with zero attached hydrogens (tertiary/aromatic N) is 2.